The van der Waals surface area contributed by atoms with Crippen LogP contribution in [0.15, 0.2) is 36.4 Å². The van der Waals surface area contributed by atoms with Crippen LogP contribution in [0.5, 0.6) is 11.5 Å². The third-order valence-corrected chi connectivity index (χ3v) is 3.70. The van der Waals surface area contributed by atoms with Gasteiger partial charge in [0.05, 0.1) is 30.3 Å². The maximum atomic E-state index is 11.5. The molecule has 1 aromatic carbocycles. The Morgan fingerprint density at radius 2 is 2.14 bits per heavy atom. The molecular formula is C19H27N3O6. The SMILES string of the molecule is C/C=C/C=C\C(O)c1cc(OC)c(OCCCC(=O)NCCN)cc1[N+](=O)[O-]. The van der Waals surface area contributed by atoms with Gasteiger partial charge in [0.2, 0.25) is 5.91 Å². The summed E-state index contributed by atoms with van der Waals surface area (Å²) in [5.41, 5.74) is 5.12. The van der Waals surface area contributed by atoms with Crippen molar-refractivity contribution < 1.29 is 24.3 Å². The molecule has 9 nitrogen and oxygen atoms in total. The lowest BCUT2D eigenvalue weighted by atomic mass is 10.1. The number of carbonyl (C=O) groups is 1. The van der Waals surface area contributed by atoms with Gasteiger partial charge in [-0.25, -0.2) is 0 Å². The van der Waals surface area contributed by atoms with Crippen molar-refractivity contribution in [3.63, 3.8) is 0 Å². The summed E-state index contributed by atoms with van der Waals surface area (Å²) in [4.78, 5) is 22.4. The highest BCUT2D eigenvalue weighted by atomic mass is 16.6. The molecule has 0 aliphatic carbocycles. The van der Waals surface area contributed by atoms with E-state index in [1.807, 2.05) is 6.92 Å². The lowest BCUT2D eigenvalue weighted by Gasteiger charge is -2.14. The molecule has 0 saturated carbocycles. The fourth-order valence-corrected chi connectivity index (χ4v) is 2.33. The Balaban J connectivity index is 2.91. The van der Waals surface area contributed by atoms with E-state index in [4.69, 9.17) is 15.2 Å². The minimum absolute atomic E-state index is 0.0936. The summed E-state index contributed by atoms with van der Waals surface area (Å²) < 4.78 is 10.8. The summed E-state index contributed by atoms with van der Waals surface area (Å²) >= 11 is 0. The number of benzene rings is 1. The Morgan fingerprint density at radius 1 is 1.39 bits per heavy atom. The zero-order chi connectivity index (χ0) is 20.9. The van der Waals surface area contributed by atoms with Crippen LogP contribution in [0.4, 0.5) is 5.69 Å². The molecule has 1 amide bonds. The van der Waals surface area contributed by atoms with Crippen molar-refractivity contribution in [3.8, 4) is 11.5 Å². The number of rotatable bonds is 12. The van der Waals surface area contributed by atoms with E-state index in [9.17, 15) is 20.0 Å². The van der Waals surface area contributed by atoms with Gasteiger partial charge in [-0.15, -0.1) is 0 Å². The second-order valence-electron chi connectivity index (χ2n) is 5.77. The largest absolute Gasteiger partial charge is 0.493 e. The average molecular weight is 393 g/mol. The standard InChI is InChI=1S/C19H27N3O6/c1-3-4-5-7-16(23)14-12-17(27-2)18(13-15(14)22(25)26)28-11-6-8-19(24)21-10-9-20/h3-5,7,12-13,16,23H,6,8-11,20H2,1-2H3,(H,21,24)/b4-3+,7-5-. The first kappa shape index (κ1) is 23.1. The Hall–Kier alpha value is -2.91. The third kappa shape index (κ3) is 7.37. The fourth-order valence-electron chi connectivity index (χ4n) is 2.33. The molecule has 0 radical (unpaired) electrons. The molecule has 0 aromatic heterocycles. The van der Waals surface area contributed by atoms with Gasteiger partial charge in [-0.3, -0.25) is 14.9 Å². The molecule has 1 aromatic rings. The van der Waals surface area contributed by atoms with Gasteiger partial charge in [0.25, 0.3) is 5.69 Å². The summed E-state index contributed by atoms with van der Waals surface area (Å²) in [5.74, 6) is 0.287. The highest BCUT2D eigenvalue weighted by molar-refractivity contribution is 5.75. The molecule has 0 heterocycles. The zero-order valence-corrected chi connectivity index (χ0v) is 16.1. The number of nitrogens with one attached hydrogen (secondary N) is 1. The van der Waals surface area contributed by atoms with Crippen molar-refractivity contribution >= 4 is 11.6 Å². The molecule has 1 unspecified atom stereocenters. The summed E-state index contributed by atoms with van der Waals surface area (Å²) in [6.45, 7) is 2.76. The first-order valence-electron chi connectivity index (χ1n) is 8.88. The average Bonchev–Trinajstić information content (AvgIpc) is 2.68. The Morgan fingerprint density at radius 3 is 2.75 bits per heavy atom. The highest BCUT2D eigenvalue weighted by Gasteiger charge is 2.23. The topological polar surface area (TPSA) is 137 Å². The molecule has 0 fully saturated rings. The number of aliphatic hydroxyl groups excluding tert-OH is 1. The number of hydrogen-bond acceptors (Lipinski definition) is 7. The maximum absolute atomic E-state index is 11.5. The second kappa shape index (κ2) is 12.5. The number of nitro groups is 1. The fraction of sp³-hybridized carbons (Fsp3) is 0.421. The summed E-state index contributed by atoms with van der Waals surface area (Å²) in [6, 6.07) is 2.60. The number of methoxy groups -OCH3 is 1. The molecule has 0 bridgehead atoms. The van der Waals surface area contributed by atoms with Crippen LogP contribution in [0.2, 0.25) is 0 Å². The van der Waals surface area contributed by atoms with Crippen molar-refractivity contribution in [1.82, 2.24) is 5.32 Å². The van der Waals surface area contributed by atoms with Crippen molar-refractivity contribution in [3.05, 3.63) is 52.1 Å². The van der Waals surface area contributed by atoms with Crippen LogP contribution in [-0.4, -0.2) is 42.7 Å². The Kier molecular flexibility index (Phi) is 10.3. The quantitative estimate of drug-likeness (QED) is 0.214. The van der Waals surface area contributed by atoms with Crippen LogP contribution in [0.1, 0.15) is 31.4 Å². The lowest BCUT2D eigenvalue weighted by molar-refractivity contribution is -0.386. The second-order valence-corrected chi connectivity index (χ2v) is 5.77. The first-order chi connectivity index (χ1) is 13.4. The van der Waals surface area contributed by atoms with E-state index in [1.54, 1.807) is 18.2 Å². The van der Waals surface area contributed by atoms with Gasteiger partial charge in [0, 0.05) is 19.5 Å². The molecule has 4 N–H and O–H groups in total. The van der Waals surface area contributed by atoms with Gasteiger partial charge >= 0.3 is 0 Å². The monoisotopic (exact) mass is 393 g/mol. The third-order valence-electron chi connectivity index (χ3n) is 3.70. The van der Waals surface area contributed by atoms with Gasteiger partial charge < -0.3 is 25.6 Å². The number of nitro benzene ring substituents is 1. The molecule has 0 aliphatic rings. The number of ether oxygens (including phenoxy) is 2. The minimum atomic E-state index is -1.18. The normalized spacial score (nSPS) is 12.3. The molecule has 0 spiro atoms. The number of hydrogen-bond donors (Lipinski definition) is 3. The molecule has 28 heavy (non-hydrogen) atoms. The smallest absolute Gasteiger partial charge is 0.279 e. The van der Waals surface area contributed by atoms with Crippen molar-refractivity contribution in [2.75, 3.05) is 26.8 Å². The van der Waals surface area contributed by atoms with Crippen molar-refractivity contribution in [2.24, 2.45) is 5.73 Å². The number of nitrogens with zero attached hydrogens (tertiary/aromatic N) is 1. The lowest BCUT2D eigenvalue weighted by Crippen LogP contribution is -2.29. The maximum Gasteiger partial charge on any atom is 0.279 e. The van der Waals surface area contributed by atoms with E-state index < -0.39 is 11.0 Å². The molecule has 0 saturated heterocycles. The Bertz CT molecular complexity index is 718. The van der Waals surface area contributed by atoms with Gasteiger partial charge in [-0.1, -0.05) is 24.3 Å². The van der Waals surface area contributed by atoms with E-state index in [0.717, 1.165) is 0 Å². The van der Waals surface area contributed by atoms with E-state index in [0.29, 0.717) is 19.5 Å². The minimum Gasteiger partial charge on any atom is -0.493 e. The molecule has 1 rings (SSSR count). The number of aliphatic hydroxyl groups is 1. The predicted molar refractivity (Wildman–Crippen MR) is 105 cm³/mol. The van der Waals surface area contributed by atoms with E-state index in [-0.39, 0.29) is 41.7 Å². The van der Waals surface area contributed by atoms with Crippen LogP contribution in [-0.2, 0) is 4.79 Å². The predicted octanol–water partition coefficient (Wildman–Crippen LogP) is 2.00. The van der Waals surface area contributed by atoms with Crippen molar-refractivity contribution in [2.45, 2.75) is 25.9 Å². The summed E-state index contributed by atoms with van der Waals surface area (Å²) in [5, 5.41) is 24.3. The van der Waals surface area contributed by atoms with Crippen LogP contribution in [0.25, 0.3) is 0 Å². The number of allylic oxidation sites excluding steroid dienone is 3. The Labute approximate surface area is 164 Å². The number of nitrogens with two attached hydrogens (primary N) is 1. The van der Waals surface area contributed by atoms with Crippen LogP contribution in [0, 0.1) is 10.1 Å². The molecule has 154 valence electrons. The van der Waals surface area contributed by atoms with E-state index in [2.05, 4.69) is 5.32 Å². The molecule has 9 heteroatoms. The first-order valence-corrected chi connectivity index (χ1v) is 8.88. The van der Waals surface area contributed by atoms with Crippen LogP contribution in [0.3, 0.4) is 0 Å². The van der Waals surface area contributed by atoms with Crippen molar-refractivity contribution in [1.29, 1.82) is 0 Å². The van der Waals surface area contributed by atoms with Gasteiger partial charge in [0.1, 0.15) is 6.10 Å². The van der Waals surface area contributed by atoms with E-state index >= 15 is 0 Å². The highest BCUT2D eigenvalue weighted by Crippen LogP contribution is 2.38. The number of carbonyl (C=O) groups excluding carboxylic acids is 1. The summed E-state index contributed by atoms with van der Waals surface area (Å²) in [6.07, 6.45) is 5.99. The van der Waals surface area contributed by atoms with E-state index in [1.165, 1.54) is 25.3 Å². The molecule has 1 atom stereocenters. The number of amides is 1. The van der Waals surface area contributed by atoms with Gasteiger partial charge in [0.15, 0.2) is 11.5 Å². The van der Waals surface area contributed by atoms with Gasteiger partial charge in [-0.05, 0) is 19.4 Å². The summed E-state index contributed by atoms with van der Waals surface area (Å²) in [7, 11) is 1.40. The molecule has 0 aliphatic heterocycles. The zero-order valence-electron chi connectivity index (χ0n) is 16.1. The van der Waals surface area contributed by atoms with Crippen LogP contribution < -0.4 is 20.5 Å². The van der Waals surface area contributed by atoms with Crippen LogP contribution >= 0.6 is 0 Å². The van der Waals surface area contributed by atoms with Gasteiger partial charge in [-0.2, -0.15) is 0 Å². The molecular weight excluding hydrogens is 366 g/mol.